The Morgan fingerprint density at radius 2 is 1.94 bits per heavy atom. The predicted molar refractivity (Wildman–Crippen MR) is 79.6 cm³/mol. The fraction of sp³-hybridized carbons (Fsp3) is 0.600. The van der Waals surface area contributed by atoms with Crippen LogP contribution in [0.1, 0.15) is 37.7 Å². The van der Waals surface area contributed by atoms with Gasteiger partial charge in [-0.15, -0.1) is 0 Å². The second kappa shape index (κ2) is 6.79. The van der Waals surface area contributed by atoms with Gasteiger partial charge in [-0.2, -0.15) is 0 Å². The van der Waals surface area contributed by atoms with Crippen molar-refractivity contribution in [3.8, 4) is 0 Å². The minimum Gasteiger partial charge on any atom is -0.316 e. The van der Waals surface area contributed by atoms with Crippen molar-refractivity contribution >= 4 is 23.2 Å². The van der Waals surface area contributed by atoms with E-state index in [0.29, 0.717) is 11.1 Å². The molecule has 0 aromatic heterocycles. The zero-order chi connectivity index (χ0) is 13.0. The lowest BCUT2D eigenvalue weighted by atomic mass is 9.81. The van der Waals surface area contributed by atoms with Crippen molar-refractivity contribution in [3.63, 3.8) is 0 Å². The first-order chi connectivity index (χ1) is 8.72. The van der Waals surface area contributed by atoms with Gasteiger partial charge in [0.15, 0.2) is 0 Å². The lowest BCUT2D eigenvalue weighted by molar-refractivity contribution is 0.277. The molecule has 0 amide bonds. The summed E-state index contributed by atoms with van der Waals surface area (Å²) in [6, 6.07) is 6.43. The molecule has 0 radical (unpaired) electrons. The van der Waals surface area contributed by atoms with Gasteiger partial charge in [0.1, 0.15) is 0 Å². The number of halogens is 2. The zero-order valence-corrected chi connectivity index (χ0v) is 12.4. The highest BCUT2D eigenvalue weighted by atomic mass is 35.5. The molecule has 2 rings (SSSR count). The summed E-state index contributed by atoms with van der Waals surface area (Å²) in [5.41, 5.74) is 1.16. The maximum Gasteiger partial charge on any atom is 0.0624 e. The van der Waals surface area contributed by atoms with Gasteiger partial charge in [-0.25, -0.2) is 0 Å². The number of benzene rings is 1. The molecule has 100 valence electrons. The van der Waals surface area contributed by atoms with Crippen molar-refractivity contribution < 1.29 is 0 Å². The molecule has 1 unspecified atom stereocenters. The van der Waals surface area contributed by atoms with Gasteiger partial charge in [-0.1, -0.05) is 54.6 Å². The molecule has 1 aromatic rings. The highest BCUT2D eigenvalue weighted by molar-refractivity contribution is 6.42. The standard InChI is InChI=1S/C15H21Cl2N/c1-18-14(11-6-3-2-4-7-11)10-12-8-5-9-13(16)15(12)17/h5,8-9,11,14,18H,2-4,6-7,10H2,1H3. The van der Waals surface area contributed by atoms with Crippen molar-refractivity contribution in [2.45, 2.75) is 44.6 Å². The largest absolute Gasteiger partial charge is 0.316 e. The van der Waals surface area contributed by atoms with Gasteiger partial charge in [-0.3, -0.25) is 0 Å². The Morgan fingerprint density at radius 3 is 2.61 bits per heavy atom. The van der Waals surface area contributed by atoms with E-state index in [1.807, 2.05) is 12.1 Å². The van der Waals surface area contributed by atoms with Crippen LogP contribution in [0.3, 0.4) is 0 Å². The van der Waals surface area contributed by atoms with Gasteiger partial charge in [-0.05, 0) is 43.9 Å². The first kappa shape index (κ1) is 14.2. The van der Waals surface area contributed by atoms with Crippen molar-refractivity contribution in [3.05, 3.63) is 33.8 Å². The van der Waals surface area contributed by atoms with E-state index >= 15 is 0 Å². The Bertz CT molecular complexity index is 386. The Balaban J connectivity index is 2.07. The van der Waals surface area contributed by atoms with Gasteiger partial charge >= 0.3 is 0 Å². The number of nitrogens with one attached hydrogen (secondary N) is 1. The average molecular weight is 286 g/mol. The zero-order valence-electron chi connectivity index (χ0n) is 10.9. The summed E-state index contributed by atoms with van der Waals surface area (Å²) in [6.07, 6.45) is 7.77. The molecular formula is C15H21Cl2N. The Labute approximate surface area is 120 Å². The first-order valence-electron chi connectivity index (χ1n) is 6.82. The molecule has 1 aliphatic rings. The molecule has 1 fully saturated rings. The van der Waals surface area contributed by atoms with Crippen LogP contribution in [0, 0.1) is 5.92 Å². The van der Waals surface area contributed by atoms with E-state index in [1.165, 1.54) is 32.1 Å². The van der Waals surface area contributed by atoms with Crippen molar-refractivity contribution in [2.24, 2.45) is 5.92 Å². The molecule has 0 saturated heterocycles. The van der Waals surface area contributed by atoms with Crippen molar-refractivity contribution in [1.29, 1.82) is 0 Å². The highest BCUT2D eigenvalue weighted by Gasteiger charge is 2.23. The fourth-order valence-electron chi connectivity index (χ4n) is 2.98. The normalized spacial score (nSPS) is 18.8. The Hall–Kier alpha value is -0.240. The van der Waals surface area contributed by atoms with Crippen molar-refractivity contribution in [2.75, 3.05) is 7.05 Å². The number of rotatable bonds is 4. The summed E-state index contributed by atoms with van der Waals surface area (Å²) < 4.78 is 0. The lowest BCUT2D eigenvalue weighted by Crippen LogP contribution is -2.36. The summed E-state index contributed by atoms with van der Waals surface area (Å²) in [4.78, 5) is 0. The third-order valence-corrected chi connectivity index (χ3v) is 4.92. The SMILES string of the molecule is CNC(Cc1cccc(Cl)c1Cl)C1CCCCC1. The second-order valence-electron chi connectivity index (χ2n) is 5.21. The van der Waals surface area contributed by atoms with Crippen LogP contribution in [0.25, 0.3) is 0 Å². The molecule has 0 spiro atoms. The highest BCUT2D eigenvalue weighted by Crippen LogP contribution is 2.31. The molecule has 3 heteroatoms. The maximum absolute atomic E-state index is 6.27. The maximum atomic E-state index is 6.27. The molecule has 18 heavy (non-hydrogen) atoms. The van der Waals surface area contributed by atoms with Gasteiger partial charge in [0, 0.05) is 6.04 Å². The van der Waals surface area contributed by atoms with E-state index < -0.39 is 0 Å². The lowest BCUT2D eigenvalue weighted by Gasteiger charge is -2.30. The van der Waals surface area contributed by atoms with Crippen LogP contribution >= 0.6 is 23.2 Å². The summed E-state index contributed by atoms with van der Waals surface area (Å²) in [5.74, 6) is 0.777. The molecule has 1 N–H and O–H groups in total. The molecule has 1 nitrogen and oxygen atoms in total. The summed E-state index contributed by atoms with van der Waals surface area (Å²) in [5, 5.41) is 4.84. The van der Waals surface area contributed by atoms with E-state index in [-0.39, 0.29) is 0 Å². The van der Waals surface area contributed by atoms with E-state index in [0.717, 1.165) is 22.9 Å². The topological polar surface area (TPSA) is 12.0 Å². The third-order valence-electron chi connectivity index (χ3n) is 4.06. The van der Waals surface area contributed by atoms with Gasteiger partial charge in [0.2, 0.25) is 0 Å². The third kappa shape index (κ3) is 3.40. The van der Waals surface area contributed by atoms with Gasteiger partial charge in [0.05, 0.1) is 10.0 Å². The van der Waals surface area contributed by atoms with Crippen LogP contribution < -0.4 is 5.32 Å². The van der Waals surface area contributed by atoms with E-state index in [2.05, 4.69) is 18.4 Å². The average Bonchev–Trinajstić information content (AvgIpc) is 2.41. The minimum absolute atomic E-state index is 0.515. The van der Waals surface area contributed by atoms with Gasteiger partial charge in [0.25, 0.3) is 0 Å². The number of likely N-dealkylation sites (N-methyl/N-ethyl adjacent to an activating group) is 1. The molecule has 1 aromatic carbocycles. The smallest absolute Gasteiger partial charge is 0.0624 e. The first-order valence-corrected chi connectivity index (χ1v) is 7.58. The summed E-state index contributed by atoms with van der Waals surface area (Å²) >= 11 is 12.3. The molecule has 1 aliphatic carbocycles. The fourth-order valence-corrected chi connectivity index (χ4v) is 3.38. The Morgan fingerprint density at radius 1 is 1.22 bits per heavy atom. The van der Waals surface area contributed by atoms with Crippen LogP contribution in [0.5, 0.6) is 0 Å². The minimum atomic E-state index is 0.515. The van der Waals surface area contributed by atoms with Crippen LogP contribution in [-0.2, 0) is 6.42 Å². The second-order valence-corrected chi connectivity index (χ2v) is 6.00. The van der Waals surface area contributed by atoms with E-state index in [1.54, 1.807) is 0 Å². The molecule has 0 heterocycles. The van der Waals surface area contributed by atoms with E-state index in [9.17, 15) is 0 Å². The van der Waals surface area contributed by atoms with E-state index in [4.69, 9.17) is 23.2 Å². The van der Waals surface area contributed by atoms with Crippen LogP contribution in [0.15, 0.2) is 18.2 Å². The quantitative estimate of drug-likeness (QED) is 0.845. The molecule has 1 saturated carbocycles. The molecule has 0 aliphatic heterocycles. The summed E-state index contributed by atoms with van der Waals surface area (Å²) in [7, 11) is 2.05. The summed E-state index contributed by atoms with van der Waals surface area (Å²) in [6.45, 7) is 0. The monoisotopic (exact) mass is 285 g/mol. The molecule has 1 atom stereocenters. The Kier molecular flexibility index (Phi) is 5.35. The van der Waals surface area contributed by atoms with Gasteiger partial charge < -0.3 is 5.32 Å². The van der Waals surface area contributed by atoms with Crippen LogP contribution in [0.2, 0.25) is 10.0 Å². The number of hydrogen-bond acceptors (Lipinski definition) is 1. The van der Waals surface area contributed by atoms with Crippen molar-refractivity contribution in [1.82, 2.24) is 5.32 Å². The number of hydrogen-bond donors (Lipinski definition) is 1. The van der Waals surface area contributed by atoms with Crippen LogP contribution in [0.4, 0.5) is 0 Å². The predicted octanol–water partition coefficient (Wildman–Crippen LogP) is 4.70. The van der Waals surface area contributed by atoms with Crippen LogP contribution in [-0.4, -0.2) is 13.1 Å². The molecular weight excluding hydrogens is 265 g/mol. The molecule has 0 bridgehead atoms.